The Balaban J connectivity index is 0.00000128. The molecule has 0 aliphatic rings. The van der Waals surface area contributed by atoms with Gasteiger partial charge in [0.2, 0.25) is 0 Å². The Morgan fingerprint density at radius 3 is 2.31 bits per heavy atom. The summed E-state index contributed by atoms with van der Waals surface area (Å²) in [6.07, 6.45) is 3.68. The summed E-state index contributed by atoms with van der Waals surface area (Å²) in [6.45, 7) is 1.76. The largest absolute Gasteiger partial charge is 0.309 e. The van der Waals surface area contributed by atoms with Gasteiger partial charge in [-0.1, -0.05) is 43.8 Å². The van der Waals surface area contributed by atoms with Gasteiger partial charge in [0.15, 0.2) is 0 Å². The summed E-state index contributed by atoms with van der Waals surface area (Å²) >= 11 is 0. The van der Waals surface area contributed by atoms with E-state index in [-0.39, 0.29) is 8.85 Å². The van der Waals surface area contributed by atoms with Gasteiger partial charge in [-0.25, -0.2) is 0 Å². The summed E-state index contributed by atoms with van der Waals surface area (Å²) in [4.78, 5) is 4.07. The van der Waals surface area contributed by atoms with Crippen LogP contribution in [0.25, 0.3) is 0 Å². The molecular weight excluding hydrogens is 196 g/mol. The summed E-state index contributed by atoms with van der Waals surface area (Å²) in [6, 6.07) is 14.4. The van der Waals surface area contributed by atoms with Gasteiger partial charge in [-0.3, -0.25) is 4.98 Å². The van der Waals surface area contributed by atoms with E-state index in [0.717, 1.165) is 13.1 Å². The number of benzene rings is 1. The van der Waals surface area contributed by atoms with E-state index in [1.54, 1.807) is 6.20 Å². The molecule has 0 saturated carbocycles. The third-order valence-corrected chi connectivity index (χ3v) is 2.22. The van der Waals surface area contributed by atoms with Crippen molar-refractivity contribution in [3.63, 3.8) is 0 Å². The summed E-state index contributed by atoms with van der Waals surface area (Å²) in [5.74, 6) is 0. The van der Waals surface area contributed by atoms with Crippen molar-refractivity contribution in [1.82, 2.24) is 10.3 Å². The smallest absolute Gasteiger partial charge is 0.0312 e. The topological polar surface area (TPSA) is 24.9 Å². The molecule has 2 heteroatoms. The average Bonchev–Trinajstić information content (AvgIpc) is 2.32. The maximum atomic E-state index is 4.07. The third-order valence-electron chi connectivity index (χ3n) is 2.22. The van der Waals surface area contributed by atoms with E-state index in [2.05, 4.69) is 40.6 Å². The van der Waals surface area contributed by atoms with Crippen LogP contribution >= 0.6 is 0 Å². The van der Waals surface area contributed by atoms with Gasteiger partial charge < -0.3 is 5.32 Å². The highest BCUT2D eigenvalue weighted by atomic mass is 14.8. The molecule has 1 aromatic heterocycles. The molecular formula is C14H20N2. The lowest BCUT2D eigenvalue weighted by atomic mass is 10.2. The molecule has 1 aromatic carbocycles. The summed E-state index contributed by atoms with van der Waals surface area (Å²) in [5, 5.41) is 3.38. The van der Waals surface area contributed by atoms with Crippen LogP contribution in [0.1, 0.15) is 20.0 Å². The molecule has 16 heavy (non-hydrogen) atoms. The van der Waals surface area contributed by atoms with Gasteiger partial charge in [-0.15, -0.1) is 0 Å². The van der Waals surface area contributed by atoms with E-state index in [9.17, 15) is 0 Å². The van der Waals surface area contributed by atoms with Gasteiger partial charge in [0.1, 0.15) is 0 Å². The van der Waals surface area contributed by atoms with E-state index in [4.69, 9.17) is 0 Å². The number of rotatable bonds is 4. The zero-order valence-corrected chi connectivity index (χ0v) is 8.56. The fraction of sp³-hybridized carbons (Fsp3) is 0.214. The molecule has 0 fully saturated rings. The van der Waals surface area contributed by atoms with E-state index in [1.165, 1.54) is 11.1 Å². The lowest BCUT2D eigenvalue weighted by Gasteiger charge is -2.04. The molecule has 0 radical (unpaired) electrons. The van der Waals surface area contributed by atoms with Crippen molar-refractivity contribution >= 4 is 0 Å². The molecule has 1 N–H and O–H groups in total. The second-order valence-electron chi connectivity index (χ2n) is 3.45. The van der Waals surface area contributed by atoms with Crippen molar-refractivity contribution in [2.24, 2.45) is 0 Å². The first-order valence-electron chi connectivity index (χ1n) is 5.09. The number of nitrogens with one attached hydrogen (secondary N) is 1. The van der Waals surface area contributed by atoms with Crippen molar-refractivity contribution in [2.45, 2.75) is 20.5 Å². The molecule has 0 unspecified atom stereocenters. The Kier molecular flexibility index (Phi) is 5.23. The maximum Gasteiger partial charge on any atom is 0.0312 e. The third kappa shape index (κ3) is 3.83. The molecule has 2 nitrogen and oxygen atoms in total. The Hall–Kier alpha value is -1.67. The van der Waals surface area contributed by atoms with Crippen LogP contribution in [-0.4, -0.2) is 4.98 Å². The second-order valence-corrected chi connectivity index (χ2v) is 3.45. The Bertz CT molecular complexity index is 350. The van der Waals surface area contributed by atoms with Gasteiger partial charge in [0.05, 0.1) is 0 Å². The van der Waals surface area contributed by atoms with Gasteiger partial charge >= 0.3 is 0 Å². The molecule has 2 rings (SSSR count). The van der Waals surface area contributed by atoms with Gasteiger partial charge in [-0.2, -0.15) is 0 Å². The monoisotopic (exact) mass is 216 g/mol. The molecule has 86 valence electrons. The van der Waals surface area contributed by atoms with Crippen LogP contribution in [-0.2, 0) is 13.1 Å². The quantitative estimate of drug-likeness (QED) is 0.848. The van der Waals surface area contributed by atoms with E-state index in [0.29, 0.717) is 0 Å². The minimum absolute atomic E-state index is 0. The first kappa shape index (κ1) is 12.4. The van der Waals surface area contributed by atoms with Gasteiger partial charge in [0, 0.05) is 26.9 Å². The minimum Gasteiger partial charge on any atom is -0.309 e. The standard InChI is InChI=1S/C13H14N2.CH4.H2/c1-2-5-12(6-3-1)9-15-11-13-7-4-8-14-10-13;;/h1-8,10,15H,9,11H2;1H4;1H. The first-order chi connectivity index (χ1) is 7.45. The van der Waals surface area contributed by atoms with Gasteiger partial charge in [0.25, 0.3) is 0 Å². The van der Waals surface area contributed by atoms with Crippen molar-refractivity contribution in [3.8, 4) is 0 Å². The molecule has 0 aliphatic heterocycles. The lowest BCUT2D eigenvalue weighted by Crippen LogP contribution is -2.12. The maximum absolute atomic E-state index is 4.07. The highest BCUT2D eigenvalue weighted by Gasteiger charge is 1.92. The molecule has 0 spiro atoms. The van der Waals surface area contributed by atoms with Crippen LogP contribution in [0.5, 0.6) is 0 Å². The van der Waals surface area contributed by atoms with Crippen molar-refractivity contribution in [3.05, 3.63) is 66.0 Å². The van der Waals surface area contributed by atoms with Crippen molar-refractivity contribution in [1.29, 1.82) is 0 Å². The van der Waals surface area contributed by atoms with Crippen molar-refractivity contribution < 1.29 is 1.43 Å². The molecule has 0 atom stereocenters. The second kappa shape index (κ2) is 6.75. The molecule has 0 saturated heterocycles. The highest BCUT2D eigenvalue weighted by Crippen LogP contribution is 1.99. The molecule has 0 amide bonds. The number of hydrogen-bond donors (Lipinski definition) is 1. The number of hydrogen-bond acceptors (Lipinski definition) is 2. The van der Waals surface area contributed by atoms with Crippen LogP contribution in [0.15, 0.2) is 54.9 Å². The summed E-state index contributed by atoms with van der Waals surface area (Å²) in [7, 11) is 0. The van der Waals surface area contributed by atoms with Gasteiger partial charge in [-0.05, 0) is 17.2 Å². The average molecular weight is 216 g/mol. The van der Waals surface area contributed by atoms with E-state index < -0.39 is 0 Å². The van der Waals surface area contributed by atoms with Crippen LogP contribution in [0.4, 0.5) is 0 Å². The normalized spacial score (nSPS) is 9.50. The molecule has 0 bridgehead atoms. The SMILES string of the molecule is C.[HH].c1ccc(CNCc2cccnc2)cc1. The zero-order valence-electron chi connectivity index (χ0n) is 8.56. The number of pyridine rings is 1. The predicted molar refractivity (Wildman–Crippen MR) is 70.1 cm³/mol. The molecule has 0 aliphatic carbocycles. The van der Waals surface area contributed by atoms with Crippen LogP contribution in [0, 0.1) is 0 Å². The molecule has 2 aromatic rings. The predicted octanol–water partition coefficient (Wildman–Crippen LogP) is 3.25. The lowest BCUT2D eigenvalue weighted by molar-refractivity contribution is 0.691. The molecule has 1 heterocycles. The number of nitrogens with zero attached hydrogens (tertiary/aromatic N) is 1. The summed E-state index contributed by atoms with van der Waals surface area (Å²) < 4.78 is 0. The fourth-order valence-corrected chi connectivity index (χ4v) is 1.45. The Morgan fingerprint density at radius 1 is 0.938 bits per heavy atom. The Morgan fingerprint density at radius 2 is 1.62 bits per heavy atom. The van der Waals surface area contributed by atoms with E-state index >= 15 is 0 Å². The highest BCUT2D eigenvalue weighted by molar-refractivity contribution is 5.14. The van der Waals surface area contributed by atoms with E-state index in [1.807, 2.05) is 18.3 Å². The number of aromatic nitrogens is 1. The fourth-order valence-electron chi connectivity index (χ4n) is 1.45. The van der Waals surface area contributed by atoms with Crippen LogP contribution in [0.3, 0.4) is 0 Å². The zero-order chi connectivity index (χ0) is 10.3. The Labute approximate surface area is 98.8 Å². The van der Waals surface area contributed by atoms with Crippen LogP contribution in [0.2, 0.25) is 0 Å². The first-order valence-corrected chi connectivity index (χ1v) is 5.09. The van der Waals surface area contributed by atoms with Crippen LogP contribution < -0.4 is 5.32 Å². The summed E-state index contributed by atoms with van der Waals surface area (Å²) in [5.41, 5.74) is 2.52. The minimum atomic E-state index is 0. The van der Waals surface area contributed by atoms with Crippen molar-refractivity contribution in [2.75, 3.05) is 0 Å².